The Morgan fingerprint density at radius 2 is 1.45 bits per heavy atom. The molecule has 1 amide bonds. The third kappa shape index (κ3) is 6.58. The van der Waals surface area contributed by atoms with Crippen molar-refractivity contribution >= 4 is 40.7 Å². The molecule has 4 aromatic carbocycles. The predicted molar refractivity (Wildman–Crippen MR) is 137 cm³/mol. The molecular formula is C28H22ClNO2S. The molecule has 5 heteroatoms. The number of hydrogen-bond donors (Lipinski definition) is 1. The van der Waals surface area contributed by atoms with Gasteiger partial charge < -0.3 is 5.32 Å². The molecule has 0 unspecified atom stereocenters. The third-order valence-electron chi connectivity index (χ3n) is 5.08. The number of ketones is 1. The van der Waals surface area contributed by atoms with Crippen LogP contribution in [0.3, 0.4) is 0 Å². The molecule has 4 rings (SSSR count). The van der Waals surface area contributed by atoms with Crippen LogP contribution in [0.15, 0.2) is 108 Å². The van der Waals surface area contributed by atoms with Gasteiger partial charge >= 0.3 is 0 Å². The van der Waals surface area contributed by atoms with Crippen LogP contribution in [0.2, 0.25) is 5.02 Å². The molecular weight excluding hydrogens is 450 g/mol. The van der Waals surface area contributed by atoms with Crippen LogP contribution >= 0.6 is 23.4 Å². The first-order valence-electron chi connectivity index (χ1n) is 10.5. The molecule has 0 aromatic heterocycles. The van der Waals surface area contributed by atoms with Crippen LogP contribution in [0.25, 0.3) is 11.1 Å². The smallest absolute Gasteiger partial charge is 0.228 e. The number of thioether (sulfide) groups is 1. The van der Waals surface area contributed by atoms with Crippen molar-refractivity contribution in [2.24, 2.45) is 0 Å². The van der Waals surface area contributed by atoms with Gasteiger partial charge in [-0.2, -0.15) is 0 Å². The van der Waals surface area contributed by atoms with E-state index in [1.54, 1.807) is 12.1 Å². The summed E-state index contributed by atoms with van der Waals surface area (Å²) in [7, 11) is 0. The molecule has 0 saturated heterocycles. The number of amides is 1. The maximum atomic E-state index is 12.7. The van der Waals surface area contributed by atoms with Gasteiger partial charge in [0.15, 0.2) is 5.78 Å². The fourth-order valence-electron chi connectivity index (χ4n) is 3.37. The highest BCUT2D eigenvalue weighted by Crippen LogP contribution is 2.24. The zero-order valence-corrected chi connectivity index (χ0v) is 19.4. The second-order valence-corrected chi connectivity index (χ2v) is 9.02. The van der Waals surface area contributed by atoms with E-state index in [0.717, 1.165) is 21.6 Å². The minimum absolute atomic E-state index is 0.0665. The lowest BCUT2D eigenvalue weighted by Gasteiger charge is -2.08. The van der Waals surface area contributed by atoms with Gasteiger partial charge in [0.1, 0.15) is 0 Å². The first-order valence-corrected chi connectivity index (χ1v) is 11.9. The van der Waals surface area contributed by atoms with Crippen LogP contribution in [0.4, 0.5) is 5.69 Å². The molecule has 0 bridgehead atoms. The van der Waals surface area contributed by atoms with Crippen molar-refractivity contribution in [3.8, 4) is 11.1 Å². The minimum atomic E-state index is -0.103. The first kappa shape index (κ1) is 22.8. The Bertz CT molecular complexity index is 1240. The highest BCUT2D eigenvalue weighted by molar-refractivity contribution is 8.00. The molecule has 0 fully saturated rings. The van der Waals surface area contributed by atoms with E-state index in [9.17, 15) is 9.59 Å². The van der Waals surface area contributed by atoms with Crippen LogP contribution in [0.5, 0.6) is 0 Å². The van der Waals surface area contributed by atoms with E-state index < -0.39 is 0 Å². The van der Waals surface area contributed by atoms with Gasteiger partial charge in [0.05, 0.1) is 12.2 Å². The second-order valence-electron chi connectivity index (χ2n) is 7.53. The summed E-state index contributed by atoms with van der Waals surface area (Å²) in [6.45, 7) is 0. The summed E-state index contributed by atoms with van der Waals surface area (Å²) in [5.74, 6) is 0.290. The molecule has 4 aromatic rings. The lowest BCUT2D eigenvalue weighted by molar-refractivity contribution is -0.115. The Hall–Kier alpha value is -3.34. The molecule has 164 valence electrons. The number of rotatable bonds is 8. The van der Waals surface area contributed by atoms with Crippen molar-refractivity contribution in [3.05, 3.63) is 119 Å². The van der Waals surface area contributed by atoms with Crippen LogP contribution in [-0.4, -0.2) is 17.4 Å². The van der Waals surface area contributed by atoms with Crippen molar-refractivity contribution in [2.45, 2.75) is 11.3 Å². The third-order valence-corrected chi connectivity index (χ3v) is 6.33. The summed E-state index contributed by atoms with van der Waals surface area (Å²) in [5.41, 5.74) is 4.50. The van der Waals surface area contributed by atoms with Gasteiger partial charge in [-0.25, -0.2) is 0 Å². The number of carbonyl (C=O) groups excluding carboxylic acids is 2. The van der Waals surface area contributed by atoms with Gasteiger partial charge in [-0.05, 0) is 47.0 Å². The topological polar surface area (TPSA) is 46.2 Å². The second kappa shape index (κ2) is 11.0. The molecule has 1 N–H and O–H groups in total. The van der Waals surface area contributed by atoms with Gasteiger partial charge in [-0.15, -0.1) is 11.8 Å². The fourth-order valence-corrected chi connectivity index (χ4v) is 4.34. The summed E-state index contributed by atoms with van der Waals surface area (Å²) in [6.07, 6.45) is 0.270. The molecule has 0 spiro atoms. The Morgan fingerprint density at radius 1 is 0.758 bits per heavy atom. The standard InChI is InChI=1S/C28H22ClNO2S/c29-24-15-9-20(10-16-24)17-28(32)30-25-7-4-8-26(18-25)33-19-27(31)23-13-11-22(12-14-23)21-5-2-1-3-6-21/h1-16,18H,17,19H2,(H,30,32). The first-order chi connectivity index (χ1) is 16.1. The average molecular weight is 472 g/mol. The fraction of sp³-hybridized carbons (Fsp3) is 0.0714. The molecule has 0 heterocycles. The number of nitrogens with one attached hydrogen (secondary N) is 1. The highest BCUT2D eigenvalue weighted by atomic mass is 35.5. The summed E-state index contributed by atoms with van der Waals surface area (Å²) in [5, 5.41) is 3.56. The van der Waals surface area contributed by atoms with E-state index in [4.69, 9.17) is 11.6 Å². The maximum Gasteiger partial charge on any atom is 0.228 e. The van der Waals surface area contributed by atoms with Gasteiger partial charge in [0, 0.05) is 21.2 Å². The number of anilines is 1. The van der Waals surface area contributed by atoms with Crippen LogP contribution < -0.4 is 5.32 Å². The van der Waals surface area contributed by atoms with Crippen LogP contribution in [-0.2, 0) is 11.2 Å². The maximum absolute atomic E-state index is 12.7. The number of benzene rings is 4. The van der Waals surface area contributed by atoms with Gasteiger partial charge in [-0.1, -0.05) is 84.4 Å². The van der Waals surface area contributed by atoms with E-state index in [2.05, 4.69) is 5.32 Å². The lowest BCUT2D eigenvalue weighted by atomic mass is 10.0. The number of hydrogen-bond acceptors (Lipinski definition) is 3. The van der Waals surface area contributed by atoms with Crippen molar-refractivity contribution in [2.75, 3.05) is 11.1 Å². The van der Waals surface area contributed by atoms with Crippen molar-refractivity contribution in [3.63, 3.8) is 0 Å². The summed E-state index contributed by atoms with van der Waals surface area (Å²) < 4.78 is 0. The van der Waals surface area contributed by atoms with E-state index in [1.165, 1.54) is 11.8 Å². The summed E-state index contributed by atoms with van der Waals surface area (Å²) in [4.78, 5) is 25.9. The number of carbonyl (C=O) groups is 2. The Labute approximate surface area is 202 Å². The quantitative estimate of drug-likeness (QED) is 0.219. The molecule has 0 aliphatic carbocycles. The molecule has 0 atom stereocenters. The summed E-state index contributed by atoms with van der Waals surface area (Å²) >= 11 is 7.35. The zero-order valence-electron chi connectivity index (χ0n) is 17.8. The highest BCUT2D eigenvalue weighted by Gasteiger charge is 2.09. The van der Waals surface area contributed by atoms with E-state index >= 15 is 0 Å². The number of Topliss-reactive ketones (excluding diaryl/α,β-unsaturated/α-hetero) is 1. The molecule has 0 radical (unpaired) electrons. The van der Waals surface area contributed by atoms with Gasteiger partial charge in [0.2, 0.25) is 5.91 Å². The number of halogens is 1. The van der Waals surface area contributed by atoms with Crippen LogP contribution in [0, 0.1) is 0 Å². The van der Waals surface area contributed by atoms with E-state index in [1.807, 2.05) is 91.0 Å². The van der Waals surface area contributed by atoms with Crippen molar-refractivity contribution < 1.29 is 9.59 Å². The van der Waals surface area contributed by atoms with Crippen LogP contribution in [0.1, 0.15) is 15.9 Å². The van der Waals surface area contributed by atoms with Crippen molar-refractivity contribution in [1.82, 2.24) is 0 Å². The van der Waals surface area contributed by atoms with Crippen molar-refractivity contribution in [1.29, 1.82) is 0 Å². The lowest BCUT2D eigenvalue weighted by Crippen LogP contribution is -2.14. The SMILES string of the molecule is O=C(Cc1ccc(Cl)cc1)Nc1cccc(SCC(=O)c2ccc(-c3ccccc3)cc2)c1. The van der Waals surface area contributed by atoms with Gasteiger partial charge in [-0.3, -0.25) is 9.59 Å². The average Bonchev–Trinajstić information content (AvgIpc) is 2.85. The Balaban J connectivity index is 1.32. The zero-order chi connectivity index (χ0) is 23.0. The molecule has 3 nitrogen and oxygen atoms in total. The molecule has 0 aliphatic rings. The molecule has 0 saturated carbocycles. The monoisotopic (exact) mass is 471 g/mol. The summed E-state index contributed by atoms with van der Waals surface area (Å²) in [6, 6.07) is 32.5. The normalized spacial score (nSPS) is 10.6. The Morgan fingerprint density at radius 3 is 2.18 bits per heavy atom. The molecule has 0 aliphatic heterocycles. The predicted octanol–water partition coefficient (Wildman–Crippen LogP) is 7.16. The Kier molecular flexibility index (Phi) is 7.61. The van der Waals surface area contributed by atoms with E-state index in [-0.39, 0.29) is 18.1 Å². The molecule has 33 heavy (non-hydrogen) atoms. The largest absolute Gasteiger partial charge is 0.326 e. The minimum Gasteiger partial charge on any atom is -0.326 e. The van der Waals surface area contributed by atoms with Gasteiger partial charge in [0.25, 0.3) is 0 Å². The van der Waals surface area contributed by atoms with E-state index in [0.29, 0.717) is 22.0 Å².